The van der Waals surface area contributed by atoms with E-state index in [4.69, 9.17) is 16.7 Å². The second kappa shape index (κ2) is 5.07. The molecule has 0 saturated heterocycles. The van der Waals surface area contributed by atoms with E-state index in [1.165, 1.54) is 19.3 Å². The zero-order chi connectivity index (χ0) is 11.5. The molecule has 0 aromatic heterocycles. The molecule has 1 unspecified atom stereocenters. The smallest absolute Gasteiger partial charge is 0.0682 e. The molecule has 1 aromatic rings. The fraction of sp³-hybridized carbons (Fsp3) is 0.538. The monoisotopic (exact) mass is 239 g/mol. The van der Waals surface area contributed by atoms with Crippen LogP contribution in [0.3, 0.4) is 0 Å². The first-order valence-corrected chi connectivity index (χ1v) is 6.22. The molecule has 16 heavy (non-hydrogen) atoms. The lowest BCUT2D eigenvalue weighted by atomic mass is 10.1. The highest BCUT2D eigenvalue weighted by Crippen LogP contribution is 2.34. The number of hydrogen-bond acceptors (Lipinski definition) is 2. The molecule has 0 aliphatic heterocycles. The number of aliphatic hydroxyl groups excluding tert-OH is 1. The highest BCUT2D eigenvalue weighted by Gasteiger charge is 2.23. The van der Waals surface area contributed by atoms with Crippen LogP contribution in [0.2, 0.25) is 5.02 Å². The van der Waals surface area contributed by atoms with Crippen molar-refractivity contribution in [1.82, 2.24) is 0 Å². The van der Waals surface area contributed by atoms with Gasteiger partial charge in [-0.05, 0) is 37.0 Å². The van der Waals surface area contributed by atoms with E-state index in [0.29, 0.717) is 6.04 Å². The van der Waals surface area contributed by atoms with Crippen molar-refractivity contribution in [3.8, 4) is 0 Å². The van der Waals surface area contributed by atoms with Gasteiger partial charge in [0, 0.05) is 6.04 Å². The van der Waals surface area contributed by atoms with Crippen LogP contribution in [-0.2, 0) is 6.61 Å². The van der Waals surface area contributed by atoms with Gasteiger partial charge in [0.05, 0.1) is 17.3 Å². The van der Waals surface area contributed by atoms with Crippen molar-refractivity contribution < 1.29 is 5.11 Å². The number of hydrogen-bond donors (Lipinski definition) is 2. The molecule has 2 rings (SSSR count). The van der Waals surface area contributed by atoms with Crippen LogP contribution in [0, 0.1) is 5.92 Å². The molecule has 88 valence electrons. The Bertz CT molecular complexity index is 363. The average Bonchev–Trinajstić information content (AvgIpc) is 3.05. The molecular formula is C13H18ClNO. The second-order valence-electron chi connectivity index (χ2n) is 4.70. The van der Waals surface area contributed by atoms with Gasteiger partial charge < -0.3 is 10.4 Å². The Hall–Kier alpha value is -0.730. The summed E-state index contributed by atoms with van der Waals surface area (Å²) in [6.07, 6.45) is 3.95. The summed E-state index contributed by atoms with van der Waals surface area (Å²) >= 11 is 6.11. The lowest BCUT2D eigenvalue weighted by molar-refractivity contribution is 0.282. The van der Waals surface area contributed by atoms with Crippen molar-refractivity contribution in [3.05, 3.63) is 28.8 Å². The Labute approximate surface area is 102 Å². The molecule has 1 aromatic carbocycles. The van der Waals surface area contributed by atoms with E-state index in [1.807, 2.05) is 18.2 Å². The third-order valence-corrected chi connectivity index (χ3v) is 3.33. The highest BCUT2D eigenvalue weighted by atomic mass is 35.5. The number of aliphatic hydroxyl groups is 1. The van der Waals surface area contributed by atoms with Gasteiger partial charge >= 0.3 is 0 Å². The molecule has 0 spiro atoms. The fourth-order valence-corrected chi connectivity index (χ4v) is 2.13. The summed E-state index contributed by atoms with van der Waals surface area (Å²) < 4.78 is 0. The minimum absolute atomic E-state index is 0.0584. The summed E-state index contributed by atoms with van der Waals surface area (Å²) in [4.78, 5) is 0. The van der Waals surface area contributed by atoms with Gasteiger partial charge in [0.25, 0.3) is 0 Å². The van der Waals surface area contributed by atoms with Crippen molar-refractivity contribution in [1.29, 1.82) is 0 Å². The predicted octanol–water partition coefficient (Wildman–Crippen LogP) is 3.43. The van der Waals surface area contributed by atoms with Crippen LogP contribution in [-0.4, -0.2) is 11.1 Å². The molecule has 0 bridgehead atoms. The van der Waals surface area contributed by atoms with Crippen molar-refractivity contribution >= 4 is 17.3 Å². The first-order valence-electron chi connectivity index (χ1n) is 5.85. The van der Waals surface area contributed by atoms with Crippen LogP contribution in [0.25, 0.3) is 0 Å². The van der Waals surface area contributed by atoms with Crippen LogP contribution in [0.1, 0.15) is 31.7 Å². The van der Waals surface area contributed by atoms with E-state index in [-0.39, 0.29) is 6.61 Å². The molecule has 1 aliphatic rings. The topological polar surface area (TPSA) is 32.3 Å². The van der Waals surface area contributed by atoms with Gasteiger partial charge in [-0.2, -0.15) is 0 Å². The van der Waals surface area contributed by atoms with Crippen LogP contribution in [0.4, 0.5) is 5.69 Å². The van der Waals surface area contributed by atoms with Crippen LogP contribution in [0.15, 0.2) is 18.2 Å². The van der Waals surface area contributed by atoms with Crippen molar-refractivity contribution in [2.24, 2.45) is 5.92 Å². The number of rotatable bonds is 5. The van der Waals surface area contributed by atoms with E-state index in [2.05, 4.69) is 12.2 Å². The van der Waals surface area contributed by atoms with Gasteiger partial charge in [-0.25, -0.2) is 0 Å². The average molecular weight is 240 g/mol. The van der Waals surface area contributed by atoms with Crippen molar-refractivity contribution in [3.63, 3.8) is 0 Å². The minimum atomic E-state index is 0.0584. The summed E-state index contributed by atoms with van der Waals surface area (Å²) in [5.41, 5.74) is 1.83. The standard InChI is InChI=1S/C13H18ClNO/c1-9(6-10-2-3-10)15-13-7-11(8-16)4-5-12(13)14/h4-5,7,9-10,15-16H,2-3,6,8H2,1H3. The Balaban J connectivity index is 2.00. The largest absolute Gasteiger partial charge is 0.392 e. The first kappa shape index (κ1) is 11.7. The number of halogens is 1. The normalized spacial score (nSPS) is 17.2. The molecule has 0 radical (unpaired) electrons. The van der Waals surface area contributed by atoms with E-state index in [0.717, 1.165) is 22.2 Å². The Morgan fingerprint density at radius 1 is 1.50 bits per heavy atom. The Morgan fingerprint density at radius 2 is 2.25 bits per heavy atom. The van der Waals surface area contributed by atoms with E-state index >= 15 is 0 Å². The van der Waals surface area contributed by atoms with Crippen LogP contribution >= 0.6 is 11.6 Å². The van der Waals surface area contributed by atoms with Crippen molar-refractivity contribution in [2.45, 2.75) is 38.8 Å². The van der Waals surface area contributed by atoms with E-state index < -0.39 is 0 Å². The highest BCUT2D eigenvalue weighted by molar-refractivity contribution is 6.33. The van der Waals surface area contributed by atoms with Gasteiger partial charge in [-0.15, -0.1) is 0 Å². The number of benzene rings is 1. The lowest BCUT2D eigenvalue weighted by Crippen LogP contribution is -2.16. The second-order valence-corrected chi connectivity index (χ2v) is 5.10. The first-order chi connectivity index (χ1) is 7.69. The molecule has 1 saturated carbocycles. The Kier molecular flexibility index (Phi) is 3.72. The van der Waals surface area contributed by atoms with Crippen molar-refractivity contribution in [2.75, 3.05) is 5.32 Å². The van der Waals surface area contributed by atoms with Gasteiger partial charge in [-0.3, -0.25) is 0 Å². The molecule has 2 N–H and O–H groups in total. The van der Waals surface area contributed by atoms with Gasteiger partial charge in [0.1, 0.15) is 0 Å². The van der Waals surface area contributed by atoms with E-state index in [1.54, 1.807) is 0 Å². The van der Waals surface area contributed by atoms with Gasteiger partial charge in [-0.1, -0.05) is 30.5 Å². The lowest BCUT2D eigenvalue weighted by Gasteiger charge is -2.16. The summed E-state index contributed by atoms with van der Waals surface area (Å²) in [7, 11) is 0. The minimum Gasteiger partial charge on any atom is -0.392 e. The zero-order valence-corrected chi connectivity index (χ0v) is 10.3. The molecule has 1 atom stereocenters. The summed E-state index contributed by atoms with van der Waals surface area (Å²) in [6, 6.07) is 6.04. The third-order valence-electron chi connectivity index (χ3n) is 3.00. The molecular weight excluding hydrogens is 222 g/mol. The summed E-state index contributed by atoms with van der Waals surface area (Å²) in [5, 5.41) is 13.2. The quantitative estimate of drug-likeness (QED) is 0.825. The molecule has 1 fully saturated rings. The summed E-state index contributed by atoms with van der Waals surface area (Å²) in [6.45, 7) is 2.24. The third kappa shape index (κ3) is 3.13. The fourth-order valence-electron chi connectivity index (χ4n) is 1.96. The molecule has 1 aliphatic carbocycles. The zero-order valence-electron chi connectivity index (χ0n) is 9.54. The number of nitrogens with one attached hydrogen (secondary N) is 1. The predicted molar refractivity (Wildman–Crippen MR) is 67.8 cm³/mol. The maximum absolute atomic E-state index is 9.07. The maximum Gasteiger partial charge on any atom is 0.0682 e. The van der Waals surface area contributed by atoms with Gasteiger partial charge in [0.2, 0.25) is 0 Å². The van der Waals surface area contributed by atoms with Crippen LogP contribution < -0.4 is 5.32 Å². The Morgan fingerprint density at radius 3 is 2.88 bits per heavy atom. The molecule has 0 amide bonds. The molecule has 3 heteroatoms. The molecule has 2 nitrogen and oxygen atoms in total. The number of anilines is 1. The van der Waals surface area contributed by atoms with Gasteiger partial charge in [0.15, 0.2) is 0 Å². The summed E-state index contributed by atoms with van der Waals surface area (Å²) in [5.74, 6) is 0.905. The van der Waals surface area contributed by atoms with Crippen LogP contribution in [0.5, 0.6) is 0 Å². The molecule has 0 heterocycles. The maximum atomic E-state index is 9.07. The SMILES string of the molecule is CC(CC1CC1)Nc1cc(CO)ccc1Cl. The van der Waals surface area contributed by atoms with E-state index in [9.17, 15) is 0 Å².